The zero-order valence-corrected chi connectivity index (χ0v) is 15.3. The molecule has 2 N–H and O–H groups in total. The summed E-state index contributed by atoms with van der Waals surface area (Å²) in [7, 11) is 0. The second-order valence-corrected chi connectivity index (χ2v) is 6.92. The Morgan fingerprint density at radius 1 is 1.38 bits per heavy atom. The summed E-state index contributed by atoms with van der Waals surface area (Å²) in [5, 5.41) is 17.4. The molecule has 0 aliphatic carbocycles. The zero-order valence-electron chi connectivity index (χ0n) is 15.3. The summed E-state index contributed by atoms with van der Waals surface area (Å²) in [4.78, 5) is 18.3. The fourth-order valence-electron chi connectivity index (χ4n) is 3.35. The van der Waals surface area contributed by atoms with Crippen LogP contribution in [0, 0.1) is 13.8 Å². The number of nitrogens with one attached hydrogen (secondary N) is 1. The number of pyridine rings is 1. The van der Waals surface area contributed by atoms with Gasteiger partial charge < -0.3 is 14.9 Å². The molecule has 140 valence electrons. The maximum Gasteiger partial charge on any atom is 0.220 e. The van der Waals surface area contributed by atoms with E-state index in [-0.39, 0.29) is 11.9 Å². The third-order valence-corrected chi connectivity index (χ3v) is 4.97. The van der Waals surface area contributed by atoms with Gasteiger partial charge in [0, 0.05) is 44.0 Å². The number of amides is 1. The molecule has 0 radical (unpaired) electrons. The fourth-order valence-corrected chi connectivity index (χ4v) is 3.35. The smallest absolute Gasteiger partial charge is 0.220 e. The Morgan fingerprint density at radius 2 is 2.15 bits per heavy atom. The lowest BCUT2D eigenvalue weighted by Gasteiger charge is -2.36. The van der Waals surface area contributed by atoms with Crippen molar-refractivity contribution >= 4 is 5.91 Å². The zero-order chi connectivity index (χ0) is 18.5. The van der Waals surface area contributed by atoms with Gasteiger partial charge in [-0.2, -0.15) is 0 Å². The number of aliphatic hydroxyl groups is 1. The molecule has 7 nitrogen and oxygen atoms in total. The summed E-state index contributed by atoms with van der Waals surface area (Å²) in [6.07, 6.45) is 4.70. The molecule has 2 atom stereocenters. The highest BCUT2D eigenvalue weighted by molar-refractivity contribution is 5.76. The van der Waals surface area contributed by atoms with E-state index < -0.39 is 6.10 Å². The van der Waals surface area contributed by atoms with Crippen LogP contribution in [-0.2, 0) is 17.8 Å². The lowest BCUT2D eigenvalue weighted by molar-refractivity contribution is -0.123. The van der Waals surface area contributed by atoms with Crippen molar-refractivity contribution in [3.8, 4) is 0 Å². The predicted octanol–water partition coefficient (Wildman–Crippen LogP) is 1.37. The average molecular weight is 358 g/mol. The van der Waals surface area contributed by atoms with Crippen molar-refractivity contribution in [3.05, 3.63) is 47.1 Å². The van der Waals surface area contributed by atoms with Gasteiger partial charge >= 0.3 is 0 Å². The van der Waals surface area contributed by atoms with Crippen LogP contribution in [0.2, 0.25) is 0 Å². The summed E-state index contributed by atoms with van der Waals surface area (Å²) >= 11 is 0. The first-order valence-electron chi connectivity index (χ1n) is 9.03. The number of aromatic nitrogens is 2. The number of rotatable bonds is 6. The molecule has 2 aromatic heterocycles. The molecule has 1 amide bonds. The first kappa shape index (κ1) is 18.5. The number of aryl methyl sites for hydroxylation is 3. The first-order chi connectivity index (χ1) is 12.5. The maximum absolute atomic E-state index is 12.2. The summed E-state index contributed by atoms with van der Waals surface area (Å²) in [5.74, 6) is 0.800. The molecular formula is C19H26N4O3. The van der Waals surface area contributed by atoms with Crippen LogP contribution in [0.1, 0.15) is 35.4 Å². The van der Waals surface area contributed by atoms with Crippen molar-refractivity contribution < 1.29 is 14.4 Å². The average Bonchev–Trinajstić information content (AvgIpc) is 2.95. The number of nitrogens with zero attached hydrogens (tertiary/aromatic N) is 3. The second kappa shape index (κ2) is 8.42. The number of β-amino-alcohol motifs (C(OH)–C–C–N with tert-alkyl or cyclic N) is 1. The fraction of sp³-hybridized carbons (Fsp3) is 0.526. The largest absolute Gasteiger partial charge is 0.390 e. The normalized spacial score (nSPS) is 20.9. The second-order valence-electron chi connectivity index (χ2n) is 6.92. The van der Waals surface area contributed by atoms with Crippen LogP contribution >= 0.6 is 0 Å². The molecule has 3 heterocycles. The molecule has 1 aliphatic rings. The number of piperidine rings is 1. The summed E-state index contributed by atoms with van der Waals surface area (Å²) in [5.41, 5.74) is 3.06. The number of aliphatic hydroxyl groups excluding tert-OH is 1. The Kier molecular flexibility index (Phi) is 6.00. The Balaban J connectivity index is 1.45. The van der Waals surface area contributed by atoms with E-state index in [1.807, 2.05) is 26.0 Å². The molecule has 0 saturated carbocycles. The number of carbonyl (C=O) groups excluding carboxylic acids is 1. The molecule has 0 bridgehead atoms. The van der Waals surface area contributed by atoms with Gasteiger partial charge in [-0.1, -0.05) is 5.16 Å². The number of likely N-dealkylation sites (tertiary alicyclic amines) is 1. The van der Waals surface area contributed by atoms with E-state index in [2.05, 4.69) is 20.4 Å². The Hall–Kier alpha value is -2.25. The third-order valence-electron chi connectivity index (χ3n) is 4.97. The molecule has 26 heavy (non-hydrogen) atoms. The number of hydrogen-bond acceptors (Lipinski definition) is 6. The third kappa shape index (κ3) is 4.68. The van der Waals surface area contributed by atoms with E-state index in [1.54, 1.807) is 12.4 Å². The number of hydrogen-bond donors (Lipinski definition) is 2. The van der Waals surface area contributed by atoms with Crippen LogP contribution in [0.3, 0.4) is 0 Å². The van der Waals surface area contributed by atoms with E-state index in [9.17, 15) is 9.90 Å². The van der Waals surface area contributed by atoms with E-state index in [4.69, 9.17) is 4.52 Å². The summed E-state index contributed by atoms with van der Waals surface area (Å²) in [6.45, 7) is 5.89. The minimum Gasteiger partial charge on any atom is -0.390 e. The highest BCUT2D eigenvalue weighted by Crippen LogP contribution is 2.19. The van der Waals surface area contributed by atoms with Crippen molar-refractivity contribution in [2.24, 2.45) is 0 Å². The Morgan fingerprint density at radius 3 is 2.81 bits per heavy atom. The van der Waals surface area contributed by atoms with Crippen LogP contribution in [0.4, 0.5) is 0 Å². The highest BCUT2D eigenvalue weighted by Gasteiger charge is 2.29. The van der Waals surface area contributed by atoms with Gasteiger partial charge in [0.1, 0.15) is 5.76 Å². The molecule has 0 unspecified atom stereocenters. The van der Waals surface area contributed by atoms with Gasteiger partial charge in [-0.25, -0.2) is 0 Å². The minimum absolute atomic E-state index is 0.0231. The number of carbonyl (C=O) groups is 1. The quantitative estimate of drug-likeness (QED) is 0.810. The molecule has 1 fully saturated rings. The van der Waals surface area contributed by atoms with E-state index in [0.29, 0.717) is 25.9 Å². The maximum atomic E-state index is 12.2. The predicted molar refractivity (Wildman–Crippen MR) is 96.4 cm³/mol. The van der Waals surface area contributed by atoms with Crippen molar-refractivity contribution in [1.82, 2.24) is 20.4 Å². The summed E-state index contributed by atoms with van der Waals surface area (Å²) in [6, 6.07) is 3.63. The van der Waals surface area contributed by atoms with Crippen LogP contribution in [0.15, 0.2) is 29.0 Å². The van der Waals surface area contributed by atoms with Gasteiger partial charge in [0.25, 0.3) is 0 Å². The van der Waals surface area contributed by atoms with Gasteiger partial charge in [-0.15, -0.1) is 0 Å². The lowest BCUT2D eigenvalue weighted by Crippen LogP contribution is -2.53. The van der Waals surface area contributed by atoms with E-state index >= 15 is 0 Å². The van der Waals surface area contributed by atoms with Gasteiger partial charge in [0.2, 0.25) is 5.91 Å². The Labute approximate surface area is 153 Å². The van der Waals surface area contributed by atoms with Gasteiger partial charge in [-0.3, -0.25) is 14.7 Å². The monoisotopic (exact) mass is 358 g/mol. The molecule has 1 saturated heterocycles. The van der Waals surface area contributed by atoms with Gasteiger partial charge in [0.05, 0.1) is 17.8 Å². The highest BCUT2D eigenvalue weighted by atomic mass is 16.5. The molecule has 0 spiro atoms. The topological polar surface area (TPSA) is 91.5 Å². The van der Waals surface area contributed by atoms with Gasteiger partial charge in [0.15, 0.2) is 0 Å². The van der Waals surface area contributed by atoms with Crippen molar-refractivity contribution in [3.63, 3.8) is 0 Å². The van der Waals surface area contributed by atoms with Crippen molar-refractivity contribution in [1.29, 1.82) is 0 Å². The van der Waals surface area contributed by atoms with Crippen LogP contribution in [0.25, 0.3) is 0 Å². The molecule has 3 rings (SSSR count). The molecule has 1 aliphatic heterocycles. The van der Waals surface area contributed by atoms with E-state index in [0.717, 1.165) is 35.5 Å². The van der Waals surface area contributed by atoms with Crippen molar-refractivity contribution in [2.75, 3.05) is 13.1 Å². The Bertz CT molecular complexity index is 712. The van der Waals surface area contributed by atoms with Crippen molar-refractivity contribution in [2.45, 2.75) is 51.8 Å². The van der Waals surface area contributed by atoms with Gasteiger partial charge in [-0.05, 0) is 44.4 Å². The minimum atomic E-state index is -0.575. The molecule has 2 aromatic rings. The van der Waals surface area contributed by atoms with Crippen LogP contribution in [0.5, 0.6) is 0 Å². The first-order valence-corrected chi connectivity index (χ1v) is 9.03. The van der Waals surface area contributed by atoms with E-state index in [1.165, 1.54) is 0 Å². The molecule has 0 aromatic carbocycles. The lowest BCUT2D eigenvalue weighted by atomic mass is 10.0. The molecule has 7 heteroatoms. The van der Waals surface area contributed by atoms with Crippen LogP contribution in [-0.4, -0.2) is 51.3 Å². The van der Waals surface area contributed by atoms with Crippen LogP contribution < -0.4 is 5.32 Å². The standard InChI is InChI=1S/C19H26N4O3/c1-13-16(14(2)26-22-13)11-23-10-7-17(18(24)12-23)21-19(25)4-3-15-5-8-20-9-6-15/h5-6,8-9,17-18,24H,3-4,7,10-12H2,1-2H3,(H,21,25)/t17-,18-/m1/s1. The SMILES string of the molecule is Cc1noc(C)c1CN1CC[C@@H](NC(=O)CCc2ccncc2)[C@H](O)C1. The molecular weight excluding hydrogens is 332 g/mol. The summed E-state index contributed by atoms with van der Waals surface area (Å²) < 4.78 is 5.20.